The molecule has 0 fully saturated rings. The lowest BCUT2D eigenvalue weighted by atomic mass is 9.81. The molecule has 0 saturated carbocycles. The molecule has 35 heavy (non-hydrogen) atoms. The Hall–Kier alpha value is -3.43. The normalized spacial score (nSPS) is 16.6. The minimum Gasteiger partial charge on any atom is -0.383 e. The van der Waals surface area contributed by atoms with Gasteiger partial charge in [0.2, 0.25) is 0 Å². The summed E-state index contributed by atoms with van der Waals surface area (Å²) >= 11 is 13.7. The van der Waals surface area contributed by atoms with Crippen LogP contribution in [0.4, 0.5) is 11.5 Å². The summed E-state index contributed by atoms with van der Waals surface area (Å²) < 4.78 is 0. The molecular weight excluding hydrogens is 495 g/mol. The Morgan fingerprint density at radius 2 is 1.57 bits per heavy atom. The molecule has 0 bridgehead atoms. The highest BCUT2D eigenvalue weighted by Gasteiger charge is 2.35. The van der Waals surface area contributed by atoms with Gasteiger partial charge in [-0.1, -0.05) is 77.4 Å². The first-order valence-electron chi connectivity index (χ1n) is 10.9. The molecule has 1 atom stereocenters. The van der Waals surface area contributed by atoms with E-state index in [0.717, 1.165) is 21.6 Å². The van der Waals surface area contributed by atoms with Gasteiger partial charge in [0, 0.05) is 20.5 Å². The third-order valence-corrected chi connectivity index (χ3v) is 7.45. The number of nitrogens with zero attached hydrogens (tertiary/aromatic N) is 2. The first-order valence-corrected chi connectivity index (χ1v) is 12.4. The summed E-state index contributed by atoms with van der Waals surface area (Å²) in [6, 6.07) is 27.4. The summed E-state index contributed by atoms with van der Waals surface area (Å²) in [5, 5.41) is 15.7. The van der Waals surface area contributed by atoms with Crippen LogP contribution in [0.3, 0.4) is 0 Å². The zero-order valence-corrected chi connectivity index (χ0v) is 21.0. The second kappa shape index (κ2) is 9.31. The fourth-order valence-corrected chi connectivity index (χ4v) is 5.38. The van der Waals surface area contributed by atoms with E-state index in [1.165, 1.54) is 11.8 Å². The summed E-state index contributed by atoms with van der Waals surface area (Å²) in [6.07, 6.45) is 2.12. The lowest BCUT2D eigenvalue weighted by Crippen LogP contribution is -2.34. The largest absolute Gasteiger partial charge is 0.383 e. The van der Waals surface area contributed by atoms with Crippen molar-refractivity contribution < 1.29 is 0 Å². The topological polar surface area (TPSA) is 74.7 Å². The van der Waals surface area contributed by atoms with Gasteiger partial charge in [-0.3, -0.25) is 0 Å². The number of nitrogens with one attached hydrogen (secondary N) is 1. The lowest BCUT2D eigenvalue weighted by molar-refractivity contribution is 0.683. The van der Waals surface area contributed by atoms with Gasteiger partial charge in [-0.2, -0.15) is 5.26 Å². The Labute approximate surface area is 218 Å². The van der Waals surface area contributed by atoms with Crippen LogP contribution in [0.15, 0.2) is 94.9 Å². The average molecular weight is 515 g/mol. The number of anilines is 2. The van der Waals surface area contributed by atoms with E-state index in [0.29, 0.717) is 37.7 Å². The van der Waals surface area contributed by atoms with Crippen molar-refractivity contribution >= 4 is 52.0 Å². The summed E-state index contributed by atoms with van der Waals surface area (Å²) in [6.45, 7) is 2.07. The fourth-order valence-electron chi connectivity index (χ4n) is 4.22. The Morgan fingerprint density at radius 3 is 2.20 bits per heavy atom. The van der Waals surface area contributed by atoms with E-state index < -0.39 is 5.54 Å². The maximum absolute atomic E-state index is 10.3. The summed E-state index contributed by atoms with van der Waals surface area (Å²) in [4.78, 5) is 5.64. The van der Waals surface area contributed by atoms with Gasteiger partial charge in [0.15, 0.2) is 0 Å². The van der Waals surface area contributed by atoms with Gasteiger partial charge < -0.3 is 11.1 Å². The van der Waals surface area contributed by atoms with Crippen molar-refractivity contribution in [1.82, 2.24) is 4.98 Å². The monoisotopic (exact) mass is 514 g/mol. The second-order valence-corrected chi connectivity index (χ2v) is 10.3. The van der Waals surface area contributed by atoms with E-state index >= 15 is 0 Å². The quantitative estimate of drug-likeness (QED) is 0.291. The Kier molecular flexibility index (Phi) is 6.21. The molecule has 0 radical (unpaired) electrons. The van der Waals surface area contributed by atoms with Gasteiger partial charge in [0.05, 0.1) is 11.2 Å². The van der Waals surface area contributed by atoms with Crippen LogP contribution >= 0.6 is 35.0 Å². The molecule has 1 aliphatic heterocycles. The zero-order chi connectivity index (χ0) is 24.6. The second-order valence-electron chi connectivity index (χ2n) is 8.35. The molecule has 5 rings (SSSR count). The molecule has 7 heteroatoms. The van der Waals surface area contributed by atoms with E-state index in [-0.39, 0.29) is 0 Å². The number of fused-ring (bicyclic) bond motifs is 1. The number of hydrogen-bond acceptors (Lipinski definition) is 5. The predicted octanol–water partition coefficient (Wildman–Crippen LogP) is 7.77. The number of benzene rings is 3. The number of nitriles is 1. The molecule has 1 unspecified atom stereocenters. The molecule has 172 valence electrons. The lowest BCUT2D eigenvalue weighted by Gasteiger charge is -2.37. The van der Waals surface area contributed by atoms with Crippen molar-refractivity contribution in [2.75, 3.05) is 11.1 Å². The van der Waals surface area contributed by atoms with Gasteiger partial charge in [0.25, 0.3) is 0 Å². The molecule has 4 aromatic rings. The molecule has 1 aliphatic rings. The molecule has 4 nitrogen and oxygen atoms in total. The highest BCUT2D eigenvalue weighted by molar-refractivity contribution is 7.99. The van der Waals surface area contributed by atoms with Crippen LogP contribution in [0.5, 0.6) is 0 Å². The van der Waals surface area contributed by atoms with Gasteiger partial charge in [0.1, 0.15) is 22.5 Å². The molecule has 0 amide bonds. The van der Waals surface area contributed by atoms with Crippen LogP contribution in [0.25, 0.3) is 5.57 Å². The molecule has 2 heterocycles. The van der Waals surface area contributed by atoms with E-state index in [1.807, 2.05) is 78.9 Å². The maximum atomic E-state index is 10.3. The van der Waals surface area contributed by atoms with Crippen LogP contribution in [-0.2, 0) is 5.54 Å². The van der Waals surface area contributed by atoms with Crippen molar-refractivity contribution in [3.63, 3.8) is 0 Å². The Bertz CT molecular complexity index is 1480. The standard InChI is InChI=1S/C28H20Cl2N4S/c1-28(18-9-13-20(30)14-10-18)15-22(17-7-11-19(29)12-8-17)24-25(34-28)23(16-31)27(33-26(24)32)35-21-5-3-2-4-6-21/h2-15,34H,1H3,(H2,32,33). The zero-order valence-electron chi connectivity index (χ0n) is 18.7. The summed E-state index contributed by atoms with van der Waals surface area (Å²) in [7, 11) is 0. The van der Waals surface area contributed by atoms with Crippen molar-refractivity contribution in [3.8, 4) is 6.07 Å². The van der Waals surface area contributed by atoms with Crippen molar-refractivity contribution in [1.29, 1.82) is 5.26 Å². The highest BCUT2D eigenvalue weighted by Crippen LogP contribution is 2.47. The third-order valence-electron chi connectivity index (χ3n) is 5.95. The van der Waals surface area contributed by atoms with E-state index in [9.17, 15) is 5.26 Å². The van der Waals surface area contributed by atoms with Crippen LogP contribution in [0.2, 0.25) is 10.0 Å². The highest BCUT2D eigenvalue weighted by atomic mass is 35.5. The number of hydrogen-bond donors (Lipinski definition) is 2. The molecule has 0 saturated heterocycles. The van der Waals surface area contributed by atoms with Gasteiger partial charge >= 0.3 is 0 Å². The molecule has 3 N–H and O–H groups in total. The van der Waals surface area contributed by atoms with E-state index in [1.54, 1.807) is 0 Å². The van der Waals surface area contributed by atoms with Crippen LogP contribution in [-0.4, -0.2) is 4.98 Å². The van der Waals surface area contributed by atoms with Crippen molar-refractivity contribution in [3.05, 3.63) is 117 Å². The minimum atomic E-state index is -0.638. The number of halogens is 2. The van der Waals surface area contributed by atoms with Crippen LogP contribution < -0.4 is 11.1 Å². The maximum Gasteiger partial charge on any atom is 0.134 e. The Morgan fingerprint density at radius 1 is 0.943 bits per heavy atom. The van der Waals surface area contributed by atoms with Gasteiger partial charge in [-0.05, 0) is 66.1 Å². The molecule has 1 aromatic heterocycles. The van der Waals surface area contributed by atoms with Gasteiger partial charge in [-0.15, -0.1) is 0 Å². The van der Waals surface area contributed by atoms with Crippen LogP contribution in [0.1, 0.15) is 29.2 Å². The number of pyridine rings is 1. The number of aromatic nitrogens is 1. The summed E-state index contributed by atoms with van der Waals surface area (Å²) in [5.41, 5.74) is 10.5. The summed E-state index contributed by atoms with van der Waals surface area (Å²) in [5.74, 6) is 0.351. The third kappa shape index (κ3) is 4.49. The first kappa shape index (κ1) is 23.3. The number of nitrogen functional groups attached to an aromatic ring is 1. The van der Waals surface area contributed by atoms with E-state index in [4.69, 9.17) is 28.9 Å². The van der Waals surface area contributed by atoms with Crippen molar-refractivity contribution in [2.24, 2.45) is 0 Å². The SMILES string of the molecule is CC1(c2ccc(Cl)cc2)C=C(c2ccc(Cl)cc2)c2c(N)nc(Sc3ccccc3)c(C#N)c2N1. The van der Waals surface area contributed by atoms with E-state index in [2.05, 4.69) is 29.4 Å². The Balaban J connectivity index is 1.74. The average Bonchev–Trinajstić information content (AvgIpc) is 2.85. The molecular formula is C28H20Cl2N4S. The molecule has 0 aliphatic carbocycles. The van der Waals surface area contributed by atoms with Gasteiger partial charge in [-0.25, -0.2) is 4.98 Å². The van der Waals surface area contributed by atoms with Crippen molar-refractivity contribution in [2.45, 2.75) is 22.4 Å². The molecule has 0 spiro atoms. The smallest absolute Gasteiger partial charge is 0.134 e. The minimum absolute atomic E-state index is 0.351. The molecule has 3 aromatic carbocycles. The first-order chi connectivity index (χ1) is 16.9. The number of rotatable bonds is 4. The predicted molar refractivity (Wildman–Crippen MR) is 145 cm³/mol. The number of nitrogens with two attached hydrogens (primary N) is 1. The van der Waals surface area contributed by atoms with Crippen LogP contribution in [0, 0.1) is 11.3 Å². The fraction of sp³-hybridized carbons (Fsp3) is 0.0714.